The number of nitrogens with one attached hydrogen (secondary N) is 1. The maximum atomic E-state index is 8.84. The number of hydrogen-bond donors (Lipinski definition) is 1. The zero-order chi connectivity index (χ0) is 15.2. The Morgan fingerprint density at radius 3 is 2.23 bits per heavy atom. The summed E-state index contributed by atoms with van der Waals surface area (Å²) in [6.45, 7) is 3.61. The van der Waals surface area contributed by atoms with Crippen molar-refractivity contribution in [3.63, 3.8) is 0 Å². The lowest BCUT2D eigenvalue weighted by atomic mass is 9.90. The van der Waals surface area contributed by atoms with Crippen LogP contribution in [0.1, 0.15) is 29.5 Å². The maximum Gasteiger partial charge on any atom is 0.103 e. The fourth-order valence-electron chi connectivity index (χ4n) is 3.40. The van der Waals surface area contributed by atoms with Crippen molar-refractivity contribution in [2.75, 3.05) is 13.1 Å². The fourth-order valence-corrected chi connectivity index (χ4v) is 3.40. The minimum atomic E-state index is 0.750. The van der Waals surface area contributed by atoms with Crippen LogP contribution in [0.25, 0.3) is 0 Å². The molecule has 1 aliphatic heterocycles. The van der Waals surface area contributed by atoms with Crippen LogP contribution >= 0.6 is 0 Å². The van der Waals surface area contributed by atoms with Gasteiger partial charge >= 0.3 is 0 Å². The Bertz CT molecular complexity index is 617. The van der Waals surface area contributed by atoms with Gasteiger partial charge in [-0.05, 0) is 42.9 Å². The van der Waals surface area contributed by atoms with Gasteiger partial charge in [-0.3, -0.25) is 0 Å². The van der Waals surface area contributed by atoms with E-state index in [0.29, 0.717) is 0 Å². The number of nitrogens with zero attached hydrogens (tertiary/aromatic N) is 1. The van der Waals surface area contributed by atoms with Crippen LogP contribution in [-0.4, -0.2) is 13.1 Å². The second-order valence-corrected chi connectivity index (χ2v) is 6.37. The first-order valence-electron chi connectivity index (χ1n) is 8.20. The molecule has 0 aromatic heterocycles. The summed E-state index contributed by atoms with van der Waals surface area (Å²) in [6, 6.07) is 21.1. The average Bonchev–Trinajstić information content (AvgIpc) is 2.58. The highest BCUT2D eigenvalue weighted by molar-refractivity contribution is 5.31. The van der Waals surface area contributed by atoms with Crippen molar-refractivity contribution in [1.29, 1.82) is 5.26 Å². The van der Waals surface area contributed by atoms with E-state index in [4.69, 9.17) is 5.26 Å². The molecule has 1 fully saturated rings. The molecular weight excluding hydrogens is 268 g/mol. The van der Waals surface area contributed by atoms with E-state index in [2.05, 4.69) is 48.5 Å². The average molecular weight is 291 g/mol. The first-order valence-corrected chi connectivity index (χ1v) is 8.20. The van der Waals surface area contributed by atoms with Crippen LogP contribution in [0, 0.1) is 17.2 Å². The Morgan fingerprint density at radius 1 is 0.909 bits per heavy atom. The lowest BCUT2D eigenvalue weighted by Gasteiger charge is -2.29. The number of likely N-dealkylation sites (tertiary alicyclic amines) is 1. The van der Waals surface area contributed by atoms with Gasteiger partial charge in [0.25, 0.3) is 0 Å². The van der Waals surface area contributed by atoms with Gasteiger partial charge in [0.1, 0.15) is 6.54 Å². The summed E-state index contributed by atoms with van der Waals surface area (Å²) in [5.41, 5.74) is 3.57. The number of rotatable bonds is 4. The van der Waals surface area contributed by atoms with Crippen molar-refractivity contribution in [3.05, 3.63) is 71.3 Å². The van der Waals surface area contributed by atoms with E-state index in [1.54, 1.807) is 4.90 Å². The predicted octanol–water partition coefficient (Wildman–Crippen LogP) is 2.60. The van der Waals surface area contributed by atoms with E-state index in [9.17, 15) is 0 Å². The normalized spacial score (nSPS) is 21.2. The molecule has 2 nitrogen and oxygen atoms in total. The summed E-state index contributed by atoms with van der Waals surface area (Å²) in [6.07, 6.45) is 3.87. The van der Waals surface area contributed by atoms with E-state index >= 15 is 0 Å². The van der Waals surface area contributed by atoms with Crippen LogP contribution in [0.4, 0.5) is 0 Å². The summed E-state index contributed by atoms with van der Waals surface area (Å²) >= 11 is 0. The SMILES string of the molecule is N#Cc1ccc(C[NH+]2CCC(Cc3ccccc3)CC2)cc1. The molecule has 0 aliphatic carbocycles. The third kappa shape index (κ3) is 3.96. The van der Waals surface area contributed by atoms with Crippen molar-refractivity contribution in [2.45, 2.75) is 25.8 Å². The van der Waals surface area contributed by atoms with Crippen LogP contribution in [0.2, 0.25) is 0 Å². The minimum Gasteiger partial charge on any atom is -0.331 e. The highest BCUT2D eigenvalue weighted by Gasteiger charge is 2.22. The van der Waals surface area contributed by atoms with Crippen LogP contribution in [-0.2, 0) is 13.0 Å². The number of piperidine rings is 1. The second kappa shape index (κ2) is 7.24. The summed E-state index contributed by atoms with van der Waals surface area (Å²) in [5, 5.41) is 8.84. The van der Waals surface area contributed by atoms with Crippen LogP contribution in [0.5, 0.6) is 0 Å². The fraction of sp³-hybridized carbons (Fsp3) is 0.350. The lowest BCUT2D eigenvalue weighted by molar-refractivity contribution is -0.919. The van der Waals surface area contributed by atoms with E-state index in [1.807, 2.05) is 12.1 Å². The molecule has 1 saturated heterocycles. The number of hydrogen-bond acceptors (Lipinski definition) is 1. The molecule has 3 rings (SSSR count). The molecule has 2 heteroatoms. The quantitative estimate of drug-likeness (QED) is 0.921. The van der Waals surface area contributed by atoms with Gasteiger partial charge in [0.2, 0.25) is 0 Å². The summed E-state index contributed by atoms with van der Waals surface area (Å²) in [7, 11) is 0. The Hall–Kier alpha value is -2.11. The van der Waals surface area contributed by atoms with Gasteiger partial charge < -0.3 is 4.90 Å². The van der Waals surface area contributed by atoms with Crippen molar-refractivity contribution in [2.24, 2.45) is 5.92 Å². The van der Waals surface area contributed by atoms with Crippen LogP contribution in [0.3, 0.4) is 0 Å². The molecule has 1 heterocycles. The first-order chi connectivity index (χ1) is 10.8. The lowest BCUT2D eigenvalue weighted by Crippen LogP contribution is -3.11. The van der Waals surface area contributed by atoms with Gasteiger partial charge in [0.15, 0.2) is 0 Å². The number of quaternary nitrogens is 1. The Balaban J connectivity index is 1.48. The topological polar surface area (TPSA) is 28.2 Å². The van der Waals surface area contributed by atoms with Gasteiger partial charge in [0, 0.05) is 5.56 Å². The molecule has 0 radical (unpaired) electrons. The first kappa shape index (κ1) is 14.8. The second-order valence-electron chi connectivity index (χ2n) is 6.37. The monoisotopic (exact) mass is 291 g/mol. The predicted molar refractivity (Wildman–Crippen MR) is 88.4 cm³/mol. The smallest absolute Gasteiger partial charge is 0.103 e. The van der Waals surface area contributed by atoms with E-state index in [-0.39, 0.29) is 0 Å². The summed E-state index contributed by atoms with van der Waals surface area (Å²) < 4.78 is 0. The molecule has 0 amide bonds. The summed E-state index contributed by atoms with van der Waals surface area (Å²) in [4.78, 5) is 1.68. The minimum absolute atomic E-state index is 0.750. The largest absolute Gasteiger partial charge is 0.331 e. The molecule has 0 atom stereocenters. The van der Waals surface area contributed by atoms with Crippen molar-refractivity contribution in [3.8, 4) is 6.07 Å². The van der Waals surface area contributed by atoms with Crippen molar-refractivity contribution < 1.29 is 4.90 Å². The molecule has 2 aromatic carbocycles. The molecular formula is C20H23N2+. The molecule has 2 aromatic rings. The molecule has 0 bridgehead atoms. The van der Waals surface area contributed by atoms with Crippen molar-refractivity contribution >= 4 is 0 Å². The zero-order valence-corrected chi connectivity index (χ0v) is 13.0. The Morgan fingerprint density at radius 2 is 1.59 bits per heavy atom. The maximum absolute atomic E-state index is 8.84. The zero-order valence-electron chi connectivity index (χ0n) is 13.0. The molecule has 0 saturated carbocycles. The number of nitriles is 1. The standard InChI is InChI=1S/C20H22N2/c21-15-19-6-8-20(9-7-19)16-22-12-10-18(11-13-22)14-17-4-2-1-3-5-17/h1-9,18H,10-14,16H2/p+1. The van der Waals surface area contributed by atoms with Gasteiger partial charge in [-0.1, -0.05) is 42.5 Å². The Kier molecular flexibility index (Phi) is 4.88. The Labute approximate surface area is 133 Å². The van der Waals surface area contributed by atoms with Crippen LogP contribution in [0.15, 0.2) is 54.6 Å². The highest BCUT2D eigenvalue weighted by Crippen LogP contribution is 2.16. The van der Waals surface area contributed by atoms with E-state index < -0.39 is 0 Å². The third-order valence-corrected chi connectivity index (χ3v) is 4.72. The third-order valence-electron chi connectivity index (χ3n) is 4.72. The van der Waals surface area contributed by atoms with Gasteiger partial charge in [-0.25, -0.2) is 0 Å². The molecule has 1 N–H and O–H groups in total. The van der Waals surface area contributed by atoms with Gasteiger partial charge in [-0.15, -0.1) is 0 Å². The molecule has 0 spiro atoms. The molecule has 0 unspecified atom stereocenters. The molecule has 22 heavy (non-hydrogen) atoms. The number of benzene rings is 2. The van der Waals surface area contributed by atoms with Crippen LogP contribution < -0.4 is 4.90 Å². The molecule has 1 aliphatic rings. The summed E-state index contributed by atoms with van der Waals surface area (Å²) in [5.74, 6) is 0.840. The highest BCUT2D eigenvalue weighted by atomic mass is 15.1. The van der Waals surface area contributed by atoms with Gasteiger partial charge in [0.05, 0.1) is 24.7 Å². The van der Waals surface area contributed by atoms with Gasteiger partial charge in [-0.2, -0.15) is 5.26 Å². The van der Waals surface area contributed by atoms with E-state index in [0.717, 1.165) is 18.0 Å². The molecule has 112 valence electrons. The van der Waals surface area contributed by atoms with Crippen molar-refractivity contribution in [1.82, 2.24) is 0 Å². The van der Waals surface area contributed by atoms with E-state index in [1.165, 1.54) is 43.5 Å².